The molecule has 0 aliphatic heterocycles. The van der Waals surface area contributed by atoms with Crippen LogP contribution in [0, 0.1) is 0 Å². The maximum absolute atomic E-state index is 10.8. The summed E-state index contributed by atoms with van der Waals surface area (Å²) in [5.74, 6) is 0. The van der Waals surface area contributed by atoms with E-state index in [0.29, 0.717) is 0 Å². The van der Waals surface area contributed by atoms with Gasteiger partial charge in [-0.05, 0) is 34.9 Å². The monoisotopic (exact) mass is 302 g/mol. The molecule has 0 spiro atoms. The standard InChI is InChI=1S/C6H8O6P2S2/c7-13(8,9)15-5-3-1-2-4-6(5)16-14(10,11)12/h1-4H,(H2,7,8,9)(H2,10,11,12). The van der Waals surface area contributed by atoms with Crippen LogP contribution in [0.5, 0.6) is 0 Å². The number of benzene rings is 1. The molecule has 0 unspecified atom stereocenters. The molecule has 1 aromatic rings. The fourth-order valence-electron chi connectivity index (χ4n) is 0.857. The van der Waals surface area contributed by atoms with Crippen molar-refractivity contribution < 1.29 is 28.7 Å². The average Bonchev–Trinajstić information content (AvgIpc) is 2.03. The van der Waals surface area contributed by atoms with Gasteiger partial charge in [-0.2, -0.15) is 0 Å². The van der Waals surface area contributed by atoms with Crippen molar-refractivity contribution in [2.24, 2.45) is 0 Å². The van der Waals surface area contributed by atoms with Gasteiger partial charge in [-0.25, -0.2) is 9.13 Å². The maximum atomic E-state index is 10.8. The Morgan fingerprint density at radius 3 is 1.38 bits per heavy atom. The van der Waals surface area contributed by atoms with Gasteiger partial charge in [0.1, 0.15) is 0 Å². The van der Waals surface area contributed by atoms with Gasteiger partial charge in [0.05, 0.1) is 0 Å². The molecule has 0 amide bonds. The van der Waals surface area contributed by atoms with Crippen molar-refractivity contribution in [2.75, 3.05) is 0 Å². The molecule has 4 N–H and O–H groups in total. The second kappa shape index (κ2) is 5.25. The van der Waals surface area contributed by atoms with E-state index in [-0.39, 0.29) is 32.6 Å². The summed E-state index contributed by atoms with van der Waals surface area (Å²) in [6.45, 7) is -8.66. The number of rotatable bonds is 4. The highest BCUT2D eigenvalue weighted by atomic mass is 32.7. The lowest BCUT2D eigenvalue weighted by molar-refractivity contribution is 0.394. The molecule has 0 fully saturated rings. The minimum atomic E-state index is -4.33. The van der Waals surface area contributed by atoms with E-state index in [1.807, 2.05) is 0 Å². The zero-order valence-electron chi connectivity index (χ0n) is 7.63. The van der Waals surface area contributed by atoms with Crippen LogP contribution in [0.2, 0.25) is 0 Å². The van der Waals surface area contributed by atoms with Gasteiger partial charge in [-0.3, -0.25) is 0 Å². The summed E-state index contributed by atoms with van der Waals surface area (Å²) in [4.78, 5) is 35.3. The molecule has 0 heterocycles. The highest BCUT2D eigenvalue weighted by Crippen LogP contribution is 2.61. The fourth-order valence-corrected chi connectivity index (χ4v) is 5.08. The molecule has 0 radical (unpaired) electrons. The van der Waals surface area contributed by atoms with Gasteiger partial charge in [0.25, 0.3) is 0 Å². The first-order valence-electron chi connectivity index (χ1n) is 3.77. The van der Waals surface area contributed by atoms with Gasteiger partial charge in [-0.1, -0.05) is 12.1 Å². The lowest BCUT2D eigenvalue weighted by Gasteiger charge is -2.09. The zero-order chi connectivity index (χ0) is 12.4. The van der Waals surface area contributed by atoms with E-state index in [4.69, 9.17) is 19.6 Å². The van der Waals surface area contributed by atoms with Crippen LogP contribution in [-0.4, -0.2) is 19.6 Å². The minimum Gasteiger partial charge on any atom is -0.316 e. The largest absolute Gasteiger partial charge is 0.388 e. The Labute approximate surface area is 99.3 Å². The van der Waals surface area contributed by atoms with E-state index in [2.05, 4.69) is 0 Å². The second-order valence-electron chi connectivity index (χ2n) is 2.61. The Morgan fingerprint density at radius 2 is 1.12 bits per heavy atom. The van der Waals surface area contributed by atoms with Crippen LogP contribution < -0.4 is 0 Å². The molecule has 0 bridgehead atoms. The summed E-state index contributed by atoms with van der Waals surface area (Å²) in [5, 5.41) is 0. The van der Waals surface area contributed by atoms with E-state index in [0.717, 1.165) is 0 Å². The number of hydrogen-bond donors (Lipinski definition) is 4. The first-order valence-corrected chi connectivity index (χ1v) is 9.83. The molecule has 0 saturated carbocycles. The van der Waals surface area contributed by atoms with Gasteiger partial charge in [0, 0.05) is 9.79 Å². The maximum Gasteiger partial charge on any atom is 0.388 e. The summed E-state index contributed by atoms with van der Waals surface area (Å²) in [5.41, 5.74) is 0. The molecule has 0 aromatic heterocycles. The van der Waals surface area contributed by atoms with E-state index >= 15 is 0 Å². The molecule has 0 saturated heterocycles. The second-order valence-corrected chi connectivity index (χ2v) is 9.77. The van der Waals surface area contributed by atoms with E-state index in [1.165, 1.54) is 24.3 Å². The highest BCUT2D eigenvalue weighted by Gasteiger charge is 2.22. The topological polar surface area (TPSA) is 115 Å². The van der Waals surface area contributed by atoms with Crippen LogP contribution in [0.15, 0.2) is 34.1 Å². The van der Waals surface area contributed by atoms with Crippen LogP contribution in [-0.2, 0) is 9.13 Å². The van der Waals surface area contributed by atoms with Crippen molar-refractivity contribution >= 4 is 36.4 Å². The van der Waals surface area contributed by atoms with Crippen LogP contribution in [0.25, 0.3) is 0 Å². The van der Waals surface area contributed by atoms with E-state index in [1.54, 1.807) is 0 Å². The fraction of sp³-hybridized carbons (Fsp3) is 0. The normalized spacial score (nSPS) is 12.8. The number of hydrogen-bond acceptors (Lipinski definition) is 4. The third-order valence-electron chi connectivity index (χ3n) is 1.28. The Morgan fingerprint density at radius 1 is 0.812 bits per heavy atom. The summed E-state index contributed by atoms with van der Waals surface area (Å²) in [6, 6.07) is 5.84. The van der Waals surface area contributed by atoms with Crippen molar-refractivity contribution in [3.8, 4) is 0 Å². The minimum absolute atomic E-state index is 0.143. The first-order chi connectivity index (χ1) is 7.17. The molecule has 1 rings (SSSR count). The summed E-state index contributed by atoms with van der Waals surface area (Å²) in [6.07, 6.45) is 0. The molecule has 10 heteroatoms. The van der Waals surface area contributed by atoms with E-state index in [9.17, 15) is 9.13 Å². The average molecular weight is 302 g/mol. The Kier molecular flexibility index (Phi) is 4.68. The van der Waals surface area contributed by atoms with Crippen molar-refractivity contribution in [3.05, 3.63) is 24.3 Å². The van der Waals surface area contributed by atoms with Crippen LogP contribution in [0.1, 0.15) is 0 Å². The van der Waals surface area contributed by atoms with Crippen molar-refractivity contribution in [3.63, 3.8) is 0 Å². The Balaban J connectivity index is 3.01. The quantitative estimate of drug-likeness (QED) is 0.625. The summed E-state index contributed by atoms with van der Waals surface area (Å²) >= 11 is 0.541. The summed E-state index contributed by atoms with van der Waals surface area (Å²) < 4.78 is 21.5. The first kappa shape index (κ1) is 14.3. The van der Waals surface area contributed by atoms with Crippen molar-refractivity contribution in [1.29, 1.82) is 0 Å². The molecule has 90 valence electrons. The van der Waals surface area contributed by atoms with Crippen LogP contribution in [0.3, 0.4) is 0 Å². The molecule has 0 atom stereocenters. The smallest absolute Gasteiger partial charge is 0.316 e. The summed E-state index contributed by atoms with van der Waals surface area (Å²) in [7, 11) is 0. The third-order valence-corrected chi connectivity index (χ3v) is 5.60. The van der Waals surface area contributed by atoms with Gasteiger partial charge in [0.15, 0.2) is 0 Å². The molecule has 0 aliphatic carbocycles. The SMILES string of the molecule is O=P(O)(O)Sc1ccccc1SP(=O)(O)O. The molecular formula is C6H8O6P2S2. The van der Waals surface area contributed by atoms with E-state index < -0.39 is 13.6 Å². The van der Waals surface area contributed by atoms with Crippen LogP contribution in [0.4, 0.5) is 0 Å². The molecule has 16 heavy (non-hydrogen) atoms. The molecular weight excluding hydrogens is 294 g/mol. The zero-order valence-corrected chi connectivity index (χ0v) is 11.0. The van der Waals surface area contributed by atoms with Gasteiger partial charge in [0.2, 0.25) is 0 Å². The van der Waals surface area contributed by atoms with Gasteiger partial charge in [-0.15, -0.1) is 0 Å². The van der Waals surface area contributed by atoms with Crippen molar-refractivity contribution in [1.82, 2.24) is 0 Å². The Bertz CT molecular complexity index is 423. The highest BCUT2D eigenvalue weighted by molar-refractivity contribution is 8.56. The van der Waals surface area contributed by atoms with Crippen LogP contribution >= 0.6 is 36.4 Å². The predicted molar refractivity (Wildman–Crippen MR) is 62.2 cm³/mol. The third kappa shape index (κ3) is 5.52. The predicted octanol–water partition coefficient (Wildman–Crippen LogP) is 2.06. The molecule has 1 aromatic carbocycles. The van der Waals surface area contributed by atoms with Gasteiger partial charge < -0.3 is 19.6 Å². The van der Waals surface area contributed by atoms with Gasteiger partial charge >= 0.3 is 13.6 Å². The van der Waals surface area contributed by atoms with Crippen molar-refractivity contribution in [2.45, 2.75) is 9.79 Å². The molecule has 0 aliphatic rings. The lowest BCUT2D eigenvalue weighted by Crippen LogP contribution is -1.79. The molecule has 6 nitrogen and oxygen atoms in total. The lowest BCUT2D eigenvalue weighted by atomic mass is 10.4. The Hall–Kier alpha value is 0.220.